The fourth-order valence-electron chi connectivity index (χ4n) is 2.48. The number of aromatic amines is 1. The third-order valence-electron chi connectivity index (χ3n) is 3.47. The summed E-state index contributed by atoms with van der Waals surface area (Å²) in [6, 6.07) is 4.49. The van der Waals surface area contributed by atoms with Gasteiger partial charge in [-0.25, -0.2) is 13.2 Å². The molecular weight excluding hydrogens is 368 g/mol. The number of sulfonamides is 1. The van der Waals surface area contributed by atoms with Gasteiger partial charge in [-0.1, -0.05) is 11.6 Å². The number of rotatable bonds is 6. The van der Waals surface area contributed by atoms with Crippen LogP contribution in [0.3, 0.4) is 0 Å². The highest BCUT2D eigenvalue weighted by atomic mass is 35.5. The van der Waals surface area contributed by atoms with Crippen molar-refractivity contribution in [1.29, 1.82) is 0 Å². The van der Waals surface area contributed by atoms with Crippen LogP contribution in [0.15, 0.2) is 23.1 Å². The molecule has 0 spiro atoms. The molecule has 0 saturated carbocycles. The van der Waals surface area contributed by atoms with Crippen molar-refractivity contribution in [3.05, 3.63) is 40.2 Å². The Morgan fingerprint density at radius 1 is 1.28 bits per heavy atom. The highest BCUT2D eigenvalue weighted by Crippen LogP contribution is 2.30. The third kappa shape index (κ3) is 3.91. The zero-order valence-electron chi connectivity index (χ0n) is 14.3. The Kier molecular flexibility index (Phi) is 5.64. The van der Waals surface area contributed by atoms with E-state index in [2.05, 4.69) is 9.71 Å². The van der Waals surface area contributed by atoms with Crippen LogP contribution in [-0.2, 0) is 14.8 Å². The monoisotopic (exact) mass is 386 g/mol. The topological polar surface area (TPSA) is 97.5 Å². The molecule has 7 nitrogen and oxygen atoms in total. The summed E-state index contributed by atoms with van der Waals surface area (Å²) in [6.07, 6.45) is 0. The summed E-state index contributed by atoms with van der Waals surface area (Å²) in [7, 11) is -2.57. The first-order valence-electron chi connectivity index (χ1n) is 7.44. The van der Waals surface area contributed by atoms with E-state index in [4.69, 9.17) is 21.1 Å². The molecule has 0 saturated heterocycles. The minimum Gasteiger partial charge on any atom is -0.495 e. The van der Waals surface area contributed by atoms with Crippen LogP contribution in [0.5, 0.6) is 5.75 Å². The van der Waals surface area contributed by atoms with Gasteiger partial charge in [-0.2, -0.15) is 0 Å². The predicted molar refractivity (Wildman–Crippen MR) is 95.0 cm³/mol. The average molecular weight is 387 g/mol. The SMILES string of the molecule is CCOC(=O)c1c(C)[nH]c(C)c1S(=O)(=O)Nc1ccc(OC)c(Cl)c1. The van der Waals surface area contributed by atoms with Gasteiger partial charge >= 0.3 is 5.97 Å². The molecule has 2 rings (SSSR count). The number of benzene rings is 1. The summed E-state index contributed by atoms with van der Waals surface area (Å²) in [5.74, 6) is -0.275. The molecule has 9 heteroatoms. The molecule has 0 aliphatic heterocycles. The molecule has 25 heavy (non-hydrogen) atoms. The molecule has 1 aromatic carbocycles. The molecule has 0 bridgehead atoms. The second kappa shape index (κ2) is 7.37. The van der Waals surface area contributed by atoms with E-state index >= 15 is 0 Å². The number of halogens is 1. The van der Waals surface area contributed by atoms with Gasteiger partial charge in [0.05, 0.1) is 24.4 Å². The molecule has 0 radical (unpaired) electrons. The number of anilines is 1. The van der Waals surface area contributed by atoms with Crippen molar-refractivity contribution in [2.45, 2.75) is 25.7 Å². The Morgan fingerprint density at radius 2 is 1.96 bits per heavy atom. The fraction of sp³-hybridized carbons (Fsp3) is 0.312. The van der Waals surface area contributed by atoms with E-state index < -0.39 is 16.0 Å². The standard InChI is InChI=1S/C16H19ClN2O5S/c1-5-24-16(20)14-9(2)18-10(3)15(14)25(21,22)19-11-6-7-13(23-4)12(17)8-11/h6-8,18-19H,5H2,1-4H3. The van der Waals surface area contributed by atoms with Crippen LogP contribution in [0.1, 0.15) is 28.7 Å². The van der Waals surface area contributed by atoms with Gasteiger partial charge in [0.15, 0.2) is 0 Å². The van der Waals surface area contributed by atoms with Crippen LogP contribution in [0.25, 0.3) is 0 Å². The van der Waals surface area contributed by atoms with E-state index in [1.807, 2.05) is 0 Å². The number of carbonyl (C=O) groups excluding carboxylic acids is 1. The Hall–Kier alpha value is -2.19. The second-order valence-electron chi connectivity index (χ2n) is 5.25. The third-order valence-corrected chi connectivity index (χ3v) is 5.32. The van der Waals surface area contributed by atoms with Gasteiger partial charge < -0.3 is 14.5 Å². The van der Waals surface area contributed by atoms with Crippen molar-refractivity contribution in [2.24, 2.45) is 0 Å². The molecule has 0 atom stereocenters. The maximum absolute atomic E-state index is 12.8. The Morgan fingerprint density at radius 3 is 2.52 bits per heavy atom. The zero-order chi connectivity index (χ0) is 18.8. The molecule has 0 fully saturated rings. The number of aryl methyl sites for hydroxylation is 2. The first-order chi connectivity index (χ1) is 11.7. The lowest BCUT2D eigenvalue weighted by molar-refractivity contribution is 0.0521. The number of nitrogens with one attached hydrogen (secondary N) is 2. The van der Waals surface area contributed by atoms with Gasteiger partial charge in [-0.3, -0.25) is 4.72 Å². The molecule has 0 unspecified atom stereocenters. The largest absolute Gasteiger partial charge is 0.495 e. The molecule has 0 aliphatic rings. The fourth-order valence-corrected chi connectivity index (χ4v) is 4.24. The lowest BCUT2D eigenvalue weighted by Crippen LogP contribution is -2.18. The number of methoxy groups -OCH3 is 1. The molecule has 1 heterocycles. The summed E-state index contributed by atoms with van der Waals surface area (Å²) in [4.78, 5) is 14.9. The van der Waals surface area contributed by atoms with Gasteiger partial charge in [-0.15, -0.1) is 0 Å². The summed E-state index contributed by atoms with van der Waals surface area (Å²) in [5.41, 5.74) is 1.00. The number of hydrogen-bond donors (Lipinski definition) is 2. The number of carbonyl (C=O) groups is 1. The quantitative estimate of drug-likeness (QED) is 0.742. The minimum atomic E-state index is -4.04. The summed E-state index contributed by atoms with van der Waals surface area (Å²) < 4.78 is 38.1. The van der Waals surface area contributed by atoms with E-state index in [1.165, 1.54) is 19.2 Å². The average Bonchev–Trinajstić information content (AvgIpc) is 2.82. The lowest BCUT2D eigenvalue weighted by atomic mass is 10.2. The molecule has 0 aliphatic carbocycles. The van der Waals surface area contributed by atoms with Crippen molar-refractivity contribution < 1.29 is 22.7 Å². The van der Waals surface area contributed by atoms with Crippen LogP contribution < -0.4 is 9.46 Å². The molecule has 1 aromatic heterocycles. The van der Waals surface area contributed by atoms with Crippen molar-refractivity contribution in [3.8, 4) is 5.75 Å². The van der Waals surface area contributed by atoms with Crippen LogP contribution in [0.4, 0.5) is 5.69 Å². The van der Waals surface area contributed by atoms with E-state index in [9.17, 15) is 13.2 Å². The summed E-state index contributed by atoms with van der Waals surface area (Å²) in [5, 5.41) is 0.260. The van der Waals surface area contributed by atoms with E-state index in [0.29, 0.717) is 17.1 Å². The van der Waals surface area contributed by atoms with Gasteiger partial charge in [0, 0.05) is 11.4 Å². The maximum Gasteiger partial charge on any atom is 0.341 e. The summed E-state index contributed by atoms with van der Waals surface area (Å²) in [6.45, 7) is 4.98. The zero-order valence-corrected chi connectivity index (χ0v) is 15.8. The van der Waals surface area contributed by atoms with Crippen molar-refractivity contribution in [2.75, 3.05) is 18.4 Å². The molecule has 136 valence electrons. The Balaban J connectivity index is 2.47. The highest BCUT2D eigenvalue weighted by molar-refractivity contribution is 7.92. The highest BCUT2D eigenvalue weighted by Gasteiger charge is 2.30. The van der Waals surface area contributed by atoms with Gasteiger partial charge in [0.2, 0.25) is 0 Å². The summed E-state index contributed by atoms with van der Waals surface area (Å²) >= 11 is 6.02. The number of H-pyrrole nitrogens is 1. The molecule has 2 N–H and O–H groups in total. The van der Waals surface area contributed by atoms with E-state index in [-0.39, 0.29) is 27.8 Å². The normalized spacial score (nSPS) is 11.2. The van der Waals surface area contributed by atoms with E-state index in [1.54, 1.807) is 26.8 Å². The van der Waals surface area contributed by atoms with Crippen molar-refractivity contribution in [3.63, 3.8) is 0 Å². The van der Waals surface area contributed by atoms with Gasteiger partial charge in [0.25, 0.3) is 10.0 Å². The number of hydrogen-bond acceptors (Lipinski definition) is 5. The Labute approximate surface area is 151 Å². The van der Waals surface area contributed by atoms with Crippen LogP contribution in [-0.4, -0.2) is 33.1 Å². The molecular formula is C16H19ClN2O5S. The van der Waals surface area contributed by atoms with Crippen molar-refractivity contribution in [1.82, 2.24) is 4.98 Å². The van der Waals surface area contributed by atoms with Gasteiger partial charge in [0.1, 0.15) is 16.2 Å². The number of ether oxygens (including phenoxy) is 2. The first kappa shape index (κ1) is 19.1. The smallest absolute Gasteiger partial charge is 0.341 e. The van der Waals surface area contributed by atoms with Crippen LogP contribution >= 0.6 is 11.6 Å². The second-order valence-corrected chi connectivity index (χ2v) is 7.28. The molecule has 2 aromatic rings. The maximum atomic E-state index is 12.8. The predicted octanol–water partition coefficient (Wildman–Crippen LogP) is 3.27. The lowest BCUT2D eigenvalue weighted by Gasteiger charge is -2.11. The van der Waals surface area contributed by atoms with E-state index in [0.717, 1.165) is 0 Å². The first-order valence-corrected chi connectivity index (χ1v) is 9.30. The molecule has 0 amide bonds. The minimum absolute atomic E-state index is 0.00791. The van der Waals surface area contributed by atoms with Crippen molar-refractivity contribution >= 4 is 33.3 Å². The number of aromatic nitrogens is 1. The van der Waals surface area contributed by atoms with Crippen LogP contribution in [0.2, 0.25) is 5.02 Å². The van der Waals surface area contributed by atoms with Crippen LogP contribution in [0, 0.1) is 13.8 Å². The Bertz CT molecular complexity index is 905. The number of esters is 1. The van der Waals surface area contributed by atoms with Gasteiger partial charge in [-0.05, 0) is 39.0 Å².